The Bertz CT molecular complexity index is 221. The molecule has 0 aliphatic carbocycles. The smallest absolute Gasteiger partial charge is 0.236 e. The summed E-state index contributed by atoms with van der Waals surface area (Å²) in [6.07, 6.45) is 1.95. The number of amides is 1. The molecule has 0 saturated carbocycles. The summed E-state index contributed by atoms with van der Waals surface area (Å²) < 4.78 is 0. The Balaban J connectivity index is 4.08. The molecule has 0 aliphatic heterocycles. The molecule has 0 fully saturated rings. The van der Waals surface area contributed by atoms with Crippen LogP contribution in [0.4, 0.5) is 0 Å². The summed E-state index contributed by atoms with van der Waals surface area (Å²) in [7, 11) is 5.96. The number of rotatable bonds is 10. The normalized spacial score (nSPS) is 11.3. The fraction of sp³-hybridized carbons (Fsp3) is 0.923. The minimum absolute atomic E-state index is 0.190. The topological polar surface area (TPSA) is 52.8 Å². The second kappa shape index (κ2) is 10.3. The van der Waals surface area contributed by atoms with Crippen LogP contribution >= 0.6 is 0 Å². The lowest BCUT2D eigenvalue weighted by molar-refractivity contribution is -0.131. The summed E-state index contributed by atoms with van der Waals surface area (Å²) >= 11 is 0. The first-order valence-electron chi connectivity index (χ1n) is 6.82. The molecule has 0 unspecified atom stereocenters. The third-order valence-electron chi connectivity index (χ3n) is 2.89. The molecule has 5 heteroatoms. The number of carbonyl (C=O) groups excluding carboxylic acids is 1. The molecule has 0 bridgehead atoms. The maximum Gasteiger partial charge on any atom is 0.236 e. The Labute approximate surface area is 112 Å². The van der Waals surface area contributed by atoms with Gasteiger partial charge < -0.3 is 15.5 Å². The number of hydrogen-bond acceptors (Lipinski definition) is 4. The van der Waals surface area contributed by atoms with Gasteiger partial charge in [0, 0.05) is 26.7 Å². The number of likely N-dealkylation sites (N-methyl/N-ethyl adjacent to an activating group) is 2. The van der Waals surface area contributed by atoms with Gasteiger partial charge in [-0.1, -0.05) is 6.92 Å². The van der Waals surface area contributed by atoms with E-state index in [1.165, 1.54) is 0 Å². The average Bonchev–Trinajstić information content (AvgIpc) is 2.33. The molecular formula is C13H30N4O. The first kappa shape index (κ1) is 17.4. The van der Waals surface area contributed by atoms with Crippen LogP contribution in [0.15, 0.2) is 0 Å². The molecule has 0 aromatic rings. The van der Waals surface area contributed by atoms with Gasteiger partial charge in [-0.05, 0) is 40.0 Å². The fourth-order valence-electron chi connectivity index (χ4n) is 1.69. The van der Waals surface area contributed by atoms with Gasteiger partial charge in [-0.2, -0.15) is 0 Å². The van der Waals surface area contributed by atoms with Gasteiger partial charge in [0.2, 0.25) is 5.91 Å². The fourth-order valence-corrected chi connectivity index (χ4v) is 1.69. The standard InChI is InChI=1S/C13H30N4O/c1-5-8-17(11-10-15(2)3)12-13(18)16(4)9-6-7-14/h5-12,14H2,1-4H3. The predicted octanol–water partition coefficient (Wildman–Crippen LogP) is 0.0672. The van der Waals surface area contributed by atoms with E-state index in [1.54, 1.807) is 4.90 Å². The lowest BCUT2D eigenvalue weighted by atomic mass is 10.3. The first-order chi connectivity index (χ1) is 8.51. The van der Waals surface area contributed by atoms with E-state index in [2.05, 4.69) is 30.8 Å². The van der Waals surface area contributed by atoms with E-state index in [0.29, 0.717) is 13.1 Å². The van der Waals surface area contributed by atoms with Crippen molar-refractivity contribution < 1.29 is 4.79 Å². The molecule has 0 aromatic heterocycles. The number of nitrogens with two attached hydrogens (primary N) is 1. The van der Waals surface area contributed by atoms with Crippen molar-refractivity contribution in [1.82, 2.24) is 14.7 Å². The Kier molecular flexibility index (Phi) is 9.92. The molecule has 0 rings (SSSR count). The summed E-state index contributed by atoms with van der Waals surface area (Å²) in [5.41, 5.74) is 5.45. The van der Waals surface area contributed by atoms with Gasteiger partial charge in [-0.3, -0.25) is 9.69 Å². The van der Waals surface area contributed by atoms with E-state index in [4.69, 9.17) is 5.73 Å². The third-order valence-corrected chi connectivity index (χ3v) is 2.89. The van der Waals surface area contributed by atoms with Crippen molar-refractivity contribution in [2.45, 2.75) is 19.8 Å². The SMILES string of the molecule is CCCN(CCN(C)C)CC(=O)N(C)CCCN. The maximum atomic E-state index is 12.0. The summed E-state index contributed by atoms with van der Waals surface area (Å²) in [6.45, 7) is 6.95. The van der Waals surface area contributed by atoms with Crippen molar-refractivity contribution in [2.24, 2.45) is 5.73 Å². The minimum Gasteiger partial charge on any atom is -0.345 e. The second-order valence-electron chi connectivity index (χ2n) is 5.04. The molecule has 1 amide bonds. The van der Waals surface area contributed by atoms with Crippen molar-refractivity contribution in [1.29, 1.82) is 0 Å². The summed E-state index contributed by atoms with van der Waals surface area (Å²) in [4.78, 5) is 18.2. The summed E-state index contributed by atoms with van der Waals surface area (Å²) in [5, 5.41) is 0. The largest absolute Gasteiger partial charge is 0.345 e. The van der Waals surface area contributed by atoms with Crippen LogP contribution in [-0.2, 0) is 4.79 Å². The lowest BCUT2D eigenvalue weighted by Gasteiger charge is -2.25. The molecule has 2 N–H and O–H groups in total. The highest BCUT2D eigenvalue weighted by Gasteiger charge is 2.13. The Morgan fingerprint density at radius 1 is 1.06 bits per heavy atom. The Morgan fingerprint density at radius 2 is 1.72 bits per heavy atom. The zero-order valence-corrected chi connectivity index (χ0v) is 12.5. The zero-order valence-electron chi connectivity index (χ0n) is 12.5. The van der Waals surface area contributed by atoms with E-state index in [0.717, 1.165) is 39.0 Å². The van der Waals surface area contributed by atoms with Crippen LogP contribution in [0.3, 0.4) is 0 Å². The van der Waals surface area contributed by atoms with Crippen LogP contribution in [0.2, 0.25) is 0 Å². The van der Waals surface area contributed by atoms with Crippen LogP contribution in [0.25, 0.3) is 0 Å². The van der Waals surface area contributed by atoms with E-state index in [-0.39, 0.29) is 5.91 Å². The molecule has 108 valence electrons. The maximum absolute atomic E-state index is 12.0. The molecule has 5 nitrogen and oxygen atoms in total. The highest BCUT2D eigenvalue weighted by Crippen LogP contribution is 1.96. The van der Waals surface area contributed by atoms with E-state index < -0.39 is 0 Å². The molecule has 0 spiro atoms. The predicted molar refractivity (Wildman–Crippen MR) is 76.6 cm³/mol. The number of nitrogens with zero attached hydrogens (tertiary/aromatic N) is 3. The van der Waals surface area contributed by atoms with Crippen LogP contribution in [0.1, 0.15) is 19.8 Å². The summed E-state index contributed by atoms with van der Waals surface area (Å²) in [6, 6.07) is 0. The second-order valence-corrected chi connectivity index (χ2v) is 5.04. The molecule has 0 radical (unpaired) electrons. The van der Waals surface area contributed by atoms with Gasteiger partial charge >= 0.3 is 0 Å². The van der Waals surface area contributed by atoms with Crippen molar-refractivity contribution in [3.8, 4) is 0 Å². The van der Waals surface area contributed by atoms with Crippen LogP contribution in [-0.4, -0.2) is 81.0 Å². The quantitative estimate of drug-likeness (QED) is 0.602. The molecule has 18 heavy (non-hydrogen) atoms. The van der Waals surface area contributed by atoms with Crippen molar-refractivity contribution in [2.75, 3.05) is 60.4 Å². The number of carbonyl (C=O) groups is 1. The molecule has 0 aromatic carbocycles. The first-order valence-corrected chi connectivity index (χ1v) is 6.82. The molecule has 0 atom stereocenters. The van der Waals surface area contributed by atoms with Gasteiger partial charge in [-0.25, -0.2) is 0 Å². The summed E-state index contributed by atoms with van der Waals surface area (Å²) in [5.74, 6) is 0.190. The van der Waals surface area contributed by atoms with Gasteiger partial charge in [-0.15, -0.1) is 0 Å². The van der Waals surface area contributed by atoms with Crippen molar-refractivity contribution in [3.63, 3.8) is 0 Å². The monoisotopic (exact) mass is 258 g/mol. The van der Waals surface area contributed by atoms with Crippen LogP contribution in [0, 0.1) is 0 Å². The zero-order chi connectivity index (χ0) is 14.0. The molecule has 0 aliphatic rings. The highest BCUT2D eigenvalue weighted by molar-refractivity contribution is 5.77. The Hall–Kier alpha value is -0.650. The van der Waals surface area contributed by atoms with Gasteiger partial charge in [0.25, 0.3) is 0 Å². The Morgan fingerprint density at radius 3 is 2.22 bits per heavy atom. The van der Waals surface area contributed by atoms with Crippen LogP contribution < -0.4 is 5.73 Å². The molecular weight excluding hydrogens is 228 g/mol. The minimum atomic E-state index is 0.190. The van der Waals surface area contributed by atoms with Crippen molar-refractivity contribution in [3.05, 3.63) is 0 Å². The van der Waals surface area contributed by atoms with E-state index in [9.17, 15) is 4.79 Å². The van der Waals surface area contributed by atoms with Crippen molar-refractivity contribution >= 4 is 5.91 Å². The van der Waals surface area contributed by atoms with Gasteiger partial charge in [0.1, 0.15) is 0 Å². The lowest BCUT2D eigenvalue weighted by Crippen LogP contribution is -2.41. The van der Waals surface area contributed by atoms with Crippen LogP contribution in [0.5, 0.6) is 0 Å². The van der Waals surface area contributed by atoms with E-state index >= 15 is 0 Å². The van der Waals surface area contributed by atoms with Gasteiger partial charge in [0.05, 0.1) is 6.54 Å². The van der Waals surface area contributed by atoms with E-state index in [1.807, 2.05) is 7.05 Å². The van der Waals surface area contributed by atoms with Gasteiger partial charge in [0.15, 0.2) is 0 Å². The molecule has 0 heterocycles. The third kappa shape index (κ3) is 8.44. The number of hydrogen-bond donors (Lipinski definition) is 1. The average molecular weight is 258 g/mol. The highest BCUT2D eigenvalue weighted by atomic mass is 16.2. The molecule has 0 saturated heterocycles.